The minimum atomic E-state index is -0.548. The summed E-state index contributed by atoms with van der Waals surface area (Å²) in [4.78, 5) is 2.34. The van der Waals surface area contributed by atoms with E-state index in [1.165, 1.54) is 156 Å². The summed E-state index contributed by atoms with van der Waals surface area (Å²) in [5.41, 5.74) is 48.6. The fourth-order valence-corrected chi connectivity index (χ4v) is 24.2. The van der Waals surface area contributed by atoms with Gasteiger partial charge >= 0.3 is 0 Å². The van der Waals surface area contributed by atoms with Crippen molar-refractivity contribution in [2.75, 3.05) is 4.90 Å². The van der Waals surface area contributed by atoms with Gasteiger partial charge in [0.25, 0.3) is 0 Å². The van der Waals surface area contributed by atoms with Gasteiger partial charge in [-0.05, 0) is 269 Å². The first kappa shape index (κ1) is 77.0. The zero-order valence-corrected chi connectivity index (χ0v) is 73.9. The molecule has 4 nitrogen and oxygen atoms in total. The number of anilines is 3. The number of fused-ring (bicyclic) bond motifs is 24. The van der Waals surface area contributed by atoms with Gasteiger partial charge in [0, 0.05) is 33.4 Å². The average molecular weight is 1720 g/mol. The Morgan fingerprint density at radius 3 is 0.851 bits per heavy atom. The van der Waals surface area contributed by atoms with Gasteiger partial charge in [0.05, 0.1) is 44.7 Å². The Morgan fingerprint density at radius 1 is 0.201 bits per heavy atom. The van der Waals surface area contributed by atoms with E-state index in [-0.39, 0.29) is 0 Å². The first-order valence-corrected chi connectivity index (χ1v) is 47.0. The van der Waals surface area contributed by atoms with Crippen LogP contribution in [0.2, 0.25) is 0 Å². The molecule has 0 unspecified atom stereocenters. The standard InChI is InChI=1S/C129H82N4S/c1-5-25-83(26-6-1)85-55-67-100(68-56-85)132(101-69-57-86(58-70-101)84-53-65-99(66-54-84)127(96-27-7-2-8-28-96,97-29-9-3-10-30-97)98-31-11-4-12-32-98)124-78-75-103(125-126(124)131-134-130-125)91-59-71-102(72-60-91)133-122-76-63-92(87-45-49-89(50-46-87)94-61-73-110-108-37-17-23-43-118(108)128(120(110)81-94)114-39-19-13-33-104(114)105-34-14-20-40-115(105)128)79-112(122)113-80-93(64-77-123(113)133)88-47-51-90(52-48-88)95-62-74-111-109-38-18-24-44-119(109)129(121(111)82-95)116-41-21-15-35-106(116)107-36-16-22-42-117(107)129/h1-82H. The van der Waals surface area contributed by atoms with E-state index in [0.717, 1.165) is 100 Å². The average Bonchev–Trinajstić information content (AvgIpc) is 1.51. The van der Waals surface area contributed by atoms with Crippen LogP contribution in [-0.2, 0) is 16.2 Å². The van der Waals surface area contributed by atoms with E-state index in [9.17, 15) is 0 Å². The molecular formula is C129H82N4S. The molecule has 134 heavy (non-hydrogen) atoms. The molecule has 0 aliphatic heterocycles. The highest BCUT2D eigenvalue weighted by Crippen LogP contribution is 2.66. The summed E-state index contributed by atoms with van der Waals surface area (Å²) in [7, 11) is 0. The molecule has 0 fully saturated rings. The number of benzene rings is 21. The van der Waals surface area contributed by atoms with Gasteiger partial charge in [0.15, 0.2) is 0 Å². The highest BCUT2D eigenvalue weighted by molar-refractivity contribution is 7.00. The molecule has 0 N–H and O–H groups in total. The predicted octanol–water partition coefficient (Wildman–Crippen LogP) is 33.0. The fourth-order valence-electron chi connectivity index (χ4n) is 23.6. The summed E-state index contributed by atoms with van der Waals surface area (Å²) in [6, 6.07) is 186. The van der Waals surface area contributed by atoms with Gasteiger partial charge in [0.1, 0.15) is 11.0 Å². The monoisotopic (exact) mass is 1720 g/mol. The van der Waals surface area contributed by atoms with Crippen LogP contribution in [0.1, 0.15) is 66.8 Å². The second-order valence-electron chi connectivity index (χ2n) is 36.1. The summed E-state index contributed by atoms with van der Waals surface area (Å²) in [6.45, 7) is 0. The summed E-state index contributed by atoms with van der Waals surface area (Å²) in [5, 5.41) is 2.35. The number of hydrogen-bond donors (Lipinski definition) is 0. The third kappa shape index (κ3) is 11.5. The molecule has 0 radical (unpaired) electrons. The SMILES string of the molecule is c1ccc(-c2ccc(N(c3ccc(-c4ccc(C(c5ccccc5)(c5ccccc5)c5ccccc5)cc4)cc3)c3ccc(-c4ccc(-n5c6ccc(-c7ccc(-c8ccc9c(c8)C8(c%10ccccc%10-c%10ccccc%108)c8ccccc8-9)cc7)cc6c6cc(-c7ccc(-c8ccc9c(c8)C8(c%10ccccc%10-c%10ccccc%108)c8ccccc8-9)cc7)ccc65)cc4)c4nsnc34)cc2)cc1. The molecule has 23 aromatic rings. The lowest BCUT2D eigenvalue weighted by molar-refractivity contribution is 0.745. The van der Waals surface area contributed by atoms with Gasteiger partial charge in [-0.25, -0.2) is 0 Å². The van der Waals surface area contributed by atoms with Crippen LogP contribution in [0.25, 0.3) is 161 Å². The summed E-state index contributed by atoms with van der Waals surface area (Å²) in [5.74, 6) is 0. The van der Waals surface area contributed by atoms with Crippen LogP contribution in [0.15, 0.2) is 497 Å². The van der Waals surface area contributed by atoms with Gasteiger partial charge in [-0.2, -0.15) is 8.75 Å². The largest absolute Gasteiger partial charge is 0.309 e. The van der Waals surface area contributed by atoms with Gasteiger partial charge < -0.3 is 9.47 Å². The number of hydrogen-bond acceptors (Lipinski definition) is 4. The van der Waals surface area contributed by atoms with Crippen molar-refractivity contribution >= 4 is 61.6 Å². The van der Waals surface area contributed by atoms with E-state index in [4.69, 9.17) is 8.75 Å². The topological polar surface area (TPSA) is 34.0 Å². The van der Waals surface area contributed by atoms with Gasteiger partial charge in [-0.1, -0.05) is 413 Å². The fraction of sp³-hybridized carbons (Fsp3) is 0.0233. The predicted molar refractivity (Wildman–Crippen MR) is 555 cm³/mol. The molecule has 2 heterocycles. The molecule has 0 saturated heterocycles. The Labute approximate surface area is 782 Å². The van der Waals surface area contributed by atoms with Crippen molar-refractivity contribution in [3.8, 4) is 128 Å². The first-order chi connectivity index (χ1) is 66.4. The van der Waals surface area contributed by atoms with E-state index in [2.05, 4.69) is 507 Å². The second-order valence-corrected chi connectivity index (χ2v) is 36.6. The number of rotatable bonds is 15. The van der Waals surface area contributed by atoms with Gasteiger partial charge in [-0.3, -0.25) is 0 Å². The van der Waals surface area contributed by atoms with Crippen molar-refractivity contribution in [2.45, 2.75) is 16.2 Å². The van der Waals surface area contributed by atoms with E-state index < -0.39 is 16.2 Å². The summed E-state index contributed by atoms with van der Waals surface area (Å²) in [6.07, 6.45) is 0. The first-order valence-electron chi connectivity index (χ1n) is 46.3. The van der Waals surface area contributed by atoms with Crippen molar-refractivity contribution in [1.29, 1.82) is 0 Å². The Bertz CT molecular complexity index is 8100. The van der Waals surface area contributed by atoms with Crippen LogP contribution in [0.3, 0.4) is 0 Å². The zero-order valence-electron chi connectivity index (χ0n) is 73.0. The Balaban J connectivity index is 0.543. The molecular weight excluding hydrogens is 1640 g/mol. The van der Waals surface area contributed by atoms with Crippen LogP contribution in [0.4, 0.5) is 17.1 Å². The molecule has 27 rings (SSSR count). The zero-order chi connectivity index (χ0) is 88.2. The van der Waals surface area contributed by atoms with Crippen LogP contribution in [0, 0.1) is 0 Å². The lowest BCUT2D eigenvalue weighted by Gasteiger charge is -2.37. The molecule has 2 aromatic heterocycles. The Morgan fingerprint density at radius 2 is 0.470 bits per heavy atom. The summed E-state index contributed by atoms with van der Waals surface area (Å²) >= 11 is 1.26. The van der Waals surface area contributed by atoms with Crippen molar-refractivity contribution in [1.82, 2.24) is 13.3 Å². The highest BCUT2D eigenvalue weighted by atomic mass is 32.1. The lowest BCUT2D eigenvalue weighted by Crippen LogP contribution is -2.30. The normalized spacial score (nSPS) is 13.0. The van der Waals surface area contributed by atoms with Gasteiger partial charge in [-0.15, -0.1) is 0 Å². The van der Waals surface area contributed by atoms with Crippen molar-refractivity contribution < 1.29 is 0 Å². The third-order valence-corrected chi connectivity index (χ3v) is 30.1. The quantitative estimate of drug-likeness (QED) is 0.0960. The van der Waals surface area contributed by atoms with Crippen molar-refractivity contribution in [3.05, 3.63) is 564 Å². The third-order valence-electron chi connectivity index (χ3n) is 29.6. The highest BCUT2D eigenvalue weighted by Gasteiger charge is 2.54. The molecule has 4 aliphatic rings. The molecule has 4 aliphatic carbocycles. The van der Waals surface area contributed by atoms with E-state index in [0.29, 0.717) is 0 Å². The Hall–Kier alpha value is -17.0. The van der Waals surface area contributed by atoms with Crippen molar-refractivity contribution in [2.24, 2.45) is 0 Å². The smallest absolute Gasteiger partial charge is 0.129 e. The van der Waals surface area contributed by atoms with Crippen LogP contribution in [0.5, 0.6) is 0 Å². The minimum absolute atomic E-state index is 0.422. The van der Waals surface area contributed by atoms with E-state index in [1.807, 2.05) is 0 Å². The van der Waals surface area contributed by atoms with Gasteiger partial charge in [0.2, 0.25) is 0 Å². The minimum Gasteiger partial charge on any atom is -0.309 e. The number of nitrogens with zero attached hydrogens (tertiary/aromatic N) is 4. The molecule has 2 spiro atoms. The molecule has 624 valence electrons. The maximum Gasteiger partial charge on any atom is 0.129 e. The van der Waals surface area contributed by atoms with E-state index >= 15 is 0 Å². The lowest BCUT2D eigenvalue weighted by atomic mass is 9.65. The molecule has 0 saturated carbocycles. The van der Waals surface area contributed by atoms with Crippen LogP contribution >= 0.6 is 11.7 Å². The van der Waals surface area contributed by atoms with Crippen LogP contribution < -0.4 is 4.90 Å². The molecule has 5 heteroatoms. The second kappa shape index (κ2) is 30.6. The molecule has 0 bridgehead atoms. The molecule has 0 atom stereocenters. The van der Waals surface area contributed by atoms with Crippen LogP contribution in [-0.4, -0.2) is 13.3 Å². The Kier molecular flexibility index (Phi) is 17.6. The van der Waals surface area contributed by atoms with Crippen molar-refractivity contribution in [3.63, 3.8) is 0 Å². The molecule has 21 aromatic carbocycles. The summed E-state index contributed by atoms with van der Waals surface area (Å²) < 4.78 is 12.8. The van der Waals surface area contributed by atoms with E-state index in [1.54, 1.807) is 0 Å². The number of aromatic nitrogens is 3. The maximum atomic E-state index is 5.19. The maximum absolute atomic E-state index is 5.19. The molecule has 0 amide bonds.